The van der Waals surface area contributed by atoms with Gasteiger partial charge in [-0.05, 0) is 36.8 Å². The molecule has 1 unspecified atom stereocenters. The fraction of sp³-hybridized carbons (Fsp3) is 0.105. The fourth-order valence-corrected chi connectivity index (χ4v) is 3.63. The van der Waals surface area contributed by atoms with Crippen LogP contribution in [0.15, 0.2) is 64.3 Å². The van der Waals surface area contributed by atoms with Crippen molar-refractivity contribution < 1.29 is 4.79 Å². The van der Waals surface area contributed by atoms with E-state index in [0.717, 1.165) is 15.6 Å². The molecule has 1 aromatic heterocycles. The van der Waals surface area contributed by atoms with Crippen molar-refractivity contribution in [2.24, 2.45) is 5.73 Å². The van der Waals surface area contributed by atoms with E-state index in [9.17, 15) is 4.79 Å². The van der Waals surface area contributed by atoms with Gasteiger partial charge in [0.25, 0.3) is 0 Å². The number of hydrogen-bond acceptors (Lipinski definition) is 4. The van der Waals surface area contributed by atoms with Gasteiger partial charge in [0.2, 0.25) is 11.9 Å². The predicted octanol–water partition coefficient (Wildman–Crippen LogP) is 4.14. The highest BCUT2D eigenvalue weighted by atomic mass is 79.9. The van der Waals surface area contributed by atoms with Crippen molar-refractivity contribution >= 4 is 39.4 Å². The first-order valence-electron chi connectivity index (χ1n) is 8.19. The Hall–Kier alpha value is -2.64. The number of aromatic nitrogens is 3. The van der Waals surface area contributed by atoms with E-state index in [-0.39, 0.29) is 0 Å². The molecule has 0 saturated heterocycles. The molecule has 1 aliphatic heterocycles. The zero-order chi connectivity index (χ0) is 19.1. The molecule has 3 aromatic rings. The van der Waals surface area contributed by atoms with Crippen LogP contribution in [0.3, 0.4) is 0 Å². The molecule has 8 heteroatoms. The molecular formula is C19H15BrClN5O. The first-order valence-corrected chi connectivity index (χ1v) is 9.36. The number of carbonyl (C=O) groups excluding carboxylic acids is 1. The van der Waals surface area contributed by atoms with Gasteiger partial charge in [0.05, 0.1) is 5.57 Å². The van der Waals surface area contributed by atoms with E-state index in [0.29, 0.717) is 28.1 Å². The minimum absolute atomic E-state index is 0.451. The average molecular weight is 445 g/mol. The highest BCUT2D eigenvalue weighted by molar-refractivity contribution is 9.10. The second-order valence-electron chi connectivity index (χ2n) is 6.20. The summed E-state index contributed by atoms with van der Waals surface area (Å²) in [4.78, 5) is 16.8. The zero-order valence-electron chi connectivity index (χ0n) is 14.3. The summed E-state index contributed by atoms with van der Waals surface area (Å²) in [7, 11) is 0. The van der Waals surface area contributed by atoms with E-state index in [4.69, 9.17) is 17.3 Å². The lowest BCUT2D eigenvalue weighted by atomic mass is 9.95. The standard InChI is InChI=1S/C19H15BrClN5O/c1-10-15(17(22)27)16(11-5-7-13(20)8-6-11)26-19(23-10)24-18(25-26)12-3-2-4-14(21)9-12/h2-9,16H,1H3,(H2,22,27)(H,23,24,25). The molecule has 3 N–H and O–H groups in total. The van der Waals surface area contributed by atoms with Crippen LogP contribution < -0.4 is 11.1 Å². The first-order chi connectivity index (χ1) is 12.9. The van der Waals surface area contributed by atoms with Crippen LogP contribution >= 0.6 is 27.5 Å². The number of anilines is 1. The van der Waals surface area contributed by atoms with Crippen LogP contribution in [0.5, 0.6) is 0 Å². The number of nitrogens with one attached hydrogen (secondary N) is 1. The van der Waals surface area contributed by atoms with Crippen LogP contribution in [0.2, 0.25) is 5.02 Å². The molecule has 0 fully saturated rings. The molecule has 6 nitrogen and oxygen atoms in total. The van der Waals surface area contributed by atoms with Crippen molar-refractivity contribution in [3.8, 4) is 11.4 Å². The summed E-state index contributed by atoms with van der Waals surface area (Å²) in [5, 5.41) is 8.37. The number of benzene rings is 2. The quantitative estimate of drug-likeness (QED) is 0.636. The van der Waals surface area contributed by atoms with Gasteiger partial charge >= 0.3 is 0 Å². The predicted molar refractivity (Wildman–Crippen MR) is 108 cm³/mol. The lowest BCUT2D eigenvalue weighted by molar-refractivity contribution is -0.115. The van der Waals surface area contributed by atoms with Gasteiger partial charge in [0, 0.05) is 20.8 Å². The molecule has 136 valence electrons. The number of nitrogens with two attached hydrogens (primary N) is 1. The van der Waals surface area contributed by atoms with Crippen LogP contribution in [0.25, 0.3) is 11.4 Å². The second-order valence-corrected chi connectivity index (χ2v) is 7.55. The van der Waals surface area contributed by atoms with Gasteiger partial charge in [-0.25, -0.2) is 4.68 Å². The van der Waals surface area contributed by atoms with Crippen molar-refractivity contribution in [1.82, 2.24) is 14.8 Å². The summed E-state index contributed by atoms with van der Waals surface area (Å²) >= 11 is 9.53. The smallest absolute Gasteiger partial charge is 0.248 e. The van der Waals surface area contributed by atoms with Gasteiger partial charge in [-0.1, -0.05) is 51.8 Å². The molecule has 0 spiro atoms. The van der Waals surface area contributed by atoms with Gasteiger partial charge in [-0.15, -0.1) is 5.10 Å². The van der Waals surface area contributed by atoms with E-state index in [2.05, 4.69) is 31.3 Å². The summed E-state index contributed by atoms with van der Waals surface area (Å²) in [5.74, 6) is 0.555. The summed E-state index contributed by atoms with van der Waals surface area (Å²) < 4.78 is 2.63. The van der Waals surface area contributed by atoms with Crippen LogP contribution in [0.1, 0.15) is 18.5 Å². The maximum Gasteiger partial charge on any atom is 0.248 e. The largest absolute Gasteiger partial charge is 0.366 e. The molecule has 27 heavy (non-hydrogen) atoms. The third-order valence-electron chi connectivity index (χ3n) is 4.39. The Labute approximate surface area is 169 Å². The molecule has 4 rings (SSSR count). The molecular weight excluding hydrogens is 430 g/mol. The number of halogens is 2. The molecule has 0 bridgehead atoms. The highest BCUT2D eigenvalue weighted by Crippen LogP contribution is 2.36. The van der Waals surface area contributed by atoms with Crippen molar-refractivity contribution in [3.63, 3.8) is 0 Å². The molecule has 0 aliphatic carbocycles. The van der Waals surface area contributed by atoms with Crippen LogP contribution in [-0.4, -0.2) is 20.7 Å². The third kappa shape index (κ3) is 3.24. The second kappa shape index (κ2) is 6.83. The lowest BCUT2D eigenvalue weighted by Crippen LogP contribution is -2.31. The molecule has 2 aromatic carbocycles. The van der Waals surface area contributed by atoms with E-state index in [1.165, 1.54) is 0 Å². The summed E-state index contributed by atoms with van der Waals surface area (Å²) in [6, 6.07) is 14.6. The number of nitrogens with zero attached hydrogens (tertiary/aromatic N) is 3. The normalized spacial score (nSPS) is 16.0. The number of carbonyl (C=O) groups is 1. The Kier molecular flexibility index (Phi) is 4.49. The topological polar surface area (TPSA) is 85.8 Å². The summed E-state index contributed by atoms with van der Waals surface area (Å²) in [6.45, 7) is 1.81. The molecule has 1 aliphatic rings. The van der Waals surface area contributed by atoms with Gasteiger partial charge in [-0.3, -0.25) is 4.79 Å². The number of primary amides is 1. The van der Waals surface area contributed by atoms with Crippen molar-refractivity contribution in [2.75, 3.05) is 5.32 Å². The van der Waals surface area contributed by atoms with E-state index >= 15 is 0 Å². The van der Waals surface area contributed by atoms with E-state index in [1.807, 2.05) is 43.3 Å². The van der Waals surface area contributed by atoms with Gasteiger partial charge < -0.3 is 11.1 Å². The minimum atomic E-state index is -0.502. The highest BCUT2D eigenvalue weighted by Gasteiger charge is 2.33. The number of fused-ring (bicyclic) bond motifs is 1. The van der Waals surface area contributed by atoms with Gasteiger partial charge in [0.15, 0.2) is 5.82 Å². The van der Waals surface area contributed by atoms with E-state index in [1.54, 1.807) is 16.8 Å². The molecule has 0 radical (unpaired) electrons. The maximum absolute atomic E-state index is 12.2. The zero-order valence-corrected chi connectivity index (χ0v) is 16.6. The van der Waals surface area contributed by atoms with Gasteiger partial charge in [0.1, 0.15) is 6.04 Å². The molecule has 2 heterocycles. The van der Waals surface area contributed by atoms with E-state index < -0.39 is 11.9 Å². The molecule has 1 amide bonds. The van der Waals surface area contributed by atoms with Gasteiger partial charge in [-0.2, -0.15) is 4.98 Å². The number of amides is 1. The SMILES string of the molecule is CC1=C(C(N)=O)C(c2ccc(Br)cc2)n2nc(-c3cccc(Cl)c3)nc2N1. The Morgan fingerprint density at radius 3 is 2.67 bits per heavy atom. The average Bonchev–Trinajstić information content (AvgIpc) is 3.04. The summed E-state index contributed by atoms with van der Waals surface area (Å²) in [5.41, 5.74) is 8.47. The van der Waals surface area contributed by atoms with Crippen LogP contribution in [0.4, 0.5) is 5.95 Å². The Morgan fingerprint density at radius 2 is 2.00 bits per heavy atom. The van der Waals surface area contributed by atoms with Crippen molar-refractivity contribution in [3.05, 3.63) is 74.9 Å². The minimum Gasteiger partial charge on any atom is -0.366 e. The Balaban J connectivity index is 1.88. The van der Waals surface area contributed by atoms with Crippen LogP contribution in [-0.2, 0) is 4.79 Å². The number of hydrogen-bond donors (Lipinski definition) is 2. The maximum atomic E-state index is 12.2. The number of rotatable bonds is 3. The fourth-order valence-electron chi connectivity index (χ4n) is 3.17. The monoisotopic (exact) mass is 443 g/mol. The molecule has 1 atom stereocenters. The third-order valence-corrected chi connectivity index (χ3v) is 5.15. The van der Waals surface area contributed by atoms with Crippen LogP contribution in [0, 0.1) is 0 Å². The lowest BCUT2D eigenvalue weighted by Gasteiger charge is -2.27. The Morgan fingerprint density at radius 1 is 1.26 bits per heavy atom. The first kappa shape index (κ1) is 17.8. The Bertz CT molecular complexity index is 1070. The van der Waals surface area contributed by atoms with Crippen molar-refractivity contribution in [1.29, 1.82) is 0 Å². The van der Waals surface area contributed by atoms with Crippen molar-refractivity contribution in [2.45, 2.75) is 13.0 Å². The molecule has 0 saturated carbocycles. The number of allylic oxidation sites excluding steroid dienone is 1. The summed E-state index contributed by atoms with van der Waals surface area (Å²) in [6.07, 6.45) is 0.